The number of sulfonamides is 1. The third-order valence-electron chi connectivity index (χ3n) is 4.17. The lowest BCUT2D eigenvalue weighted by atomic mass is 10.1. The summed E-state index contributed by atoms with van der Waals surface area (Å²) in [7, 11) is -3.89. The van der Waals surface area contributed by atoms with Gasteiger partial charge in [0.2, 0.25) is 15.9 Å². The third kappa shape index (κ3) is 3.77. The zero-order valence-corrected chi connectivity index (χ0v) is 15.5. The van der Waals surface area contributed by atoms with Gasteiger partial charge in [-0.15, -0.1) is 0 Å². The first-order chi connectivity index (χ1) is 12.7. The van der Waals surface area contributed by atoms with Crippen LogP contribution in [0.2, 0.25) is 0 Å². The number of carbonyl (C=O) groups excluding carboxylic acids is 2. The lowest BCUT2D eigenvalue weighted by Crippen LogP contribution is -2.52. The molecule has 1 heterocycles. The average Bonchev–Trinajstić information content (AvgIpc) is 2.59. The van der Waals surface area contributed by atoms with Gasteiger partial charge in [0, 0.05) is 0 Å². The Balaban J connectivity index is 2.01. The molecule has 0 bridgehead atoms. The van der Waals surface area contributed by atoms with Gasteiger partial charge in [-0.25, -0.2) is 12.8 Å². The minimum atomic E-state index is -3.89. The Morgan fingerprint density at radius 3 is 2.59 bits per heavy atom. The maximum absolute atomic E-state index is 13.6. The second kappa shape index (κ2) is 6.99. The van der Waals surface area contributed by atoms with E-state index < -0.39 is 27.8 Å². The number of anilines is 3. The fourth-order valence-electron chi connectivity index (χ4n) is 3.07. The Bertz CT molecular complexity index is 1010. The minimum absolute atomic E-state index is 0.0353. The molecule has 1 N–H and O–H groups in total. The molecule has 27 heavy (non-hydrogen) atoms. The smallest absolute Gasteiger partial charge is 0.251 e. The zero-order chi connectivity index (χ0) is 19.8. The van der Waals surface area contributed by atoms with Crippen molar-refractivity contribution < 1.29 is 22.4 Å². The molecule has 1 unspecified atom stereocenters. The number of carbonyl (C=O) groups is 2. The van der Waals surface area contributed by atoms with Crippen molar-refractivity contribution in [1.29, 1.82) is 0 Å². The molecule has 1 aliphatic rings. The van der Waals surface area contributed by atoms with Gasteiger partial charge in [-0.05, 0) is 37.3 Å². The van der Waals surface area contributed by atoms with Gasteiger partial charge >= 0.3 is 0 Å². The summed E-state index contributed by atoms with van der Waals surface area (Å²) < 4.78 is 39.1. The van der Waals surface area contributed by atoms with Crippen LogP contribution >= 0.6 is 0 Å². The highest BCUT2D eigenvalue weighted by molar-refractivity contribution is 7.92. The number of fused-ring (bicyclic) bond motifs is 1. The highest BCUT2D eigenvalue weighted by Crippen LogP contribution is 2.31. The van der Waals surface area contributed by atoms with Crippen molar-refractivity contribution in [3.05, 3.63) is 54.3 Å². The first-order valence-corrected chi connectivity index (χ1v) is 9.98. The van der Waals surface area contributed by atoms with Gasteiger partial charge in [-0.3, -0.25) is 18.8 Å². The van der Waals surface area contributed by atoms with Crippen molar-refractivity contribution in [3.8, 4) is 0 Å². The molecule has 0 saturated carbocycles. The van der Waals surface area contributed by atoms with E-state index in [0.29, 0.717) is 11.4 Å². The van der Waals surface area contributed by atoms with Gasteiger partial charge in [0.25, 0.3) is 5.91 Å². The van der Waals surface area contributed by atoms with Crippen molar-refractivity contribution in [2.45, 2.75) is 13.0 Å². The molecule has 2 aromatic rings. The fraction of sp³-hybridized carbons (Fsp3) is 0.222. The van der Waals surface area contributed by atoms with Crippen molar-refractivity contribution >= 4 is 38.9 Å². The summed E-state index contributed by atoms with van der Waals surface area (Å²) in [6, 6.07) is 10.6. The number of benzene rings is 2. The van der Waals surface area contributed by atoms with Crippen molar-refractivity contribution in [2.75, 3.05) is 27.3 Å². The maximum Gasteiger partial charge on any atom is 0.251 e. The lowest BCUT2D eigenvalue weighted by Gasteiger charge is -2.35. The van der Waals surface area contributed by atoms with E-state index in [1.807, 2.05) is 0 Å². The van der Waals surface area contributed by atoms with Gasteiger partial charge in [0.05, 0.1) is 23.3 Å². The van der Waals surface area contributed by atoms with E-state index in [1.54, 1.807) is 24.3 Å². The number of rotatable bonds is 4. The van der Waals surface area contributed by atoms with Crippen LogP contribution < -0.4 is 14.5 Å². The predicted molar refractivity (Wildman–Crippen MR) is 101 cm³/mol. The van der Waals surface area contributed by atoms with Crippen LogP contribution in [0.15, 0.2) is 48.5 Å². The maximum atomic E-state index is 13.6. The van der Waals surface area contributed by atoms with Crippen molar-refractivity contribution in [2.24, 2.45) is 0 Å². The van der Waals surface area contributed by atoms with Crippen LogP contribution in [0.25, 0.3) is 0 Å². The quantitative estimate of drug-likeness (QED) is 0.863. The summed E-state index contributed by atoms with van der Waals surface area (Å²) in [6.45, 7) is 1.17. The molecule has 0 aliphatic carbocycles. The highest BCUT2D eigenvalue weighted by Gasteiger charge is 2.35. The largest absolute Gasteiger partial charge is 0.323 e. The Morgan fingerprint density at radius 2 is 1.93 bits per heavy atom. The third-order valence-corrected chi connectivity index (χ3v) is 5.41. The van der Waals surface area contributed by atoms with Crippen LogP contribution in [0.1, 0.15) is 6.92 Å². The average molecular weight is 391 g/mol. The van der Waals surface area contributed by atoms with E-state index in [-0.39, 0.29) is 18.1 Å². The van der Waals surface area contributed by atoms with Crippen LogP contribution in [0, 0.1) is 5.82 Å². The lowest BCUT2D eigenvalue weighted by molar-refractivity contribution is -0.122. The van der Waals surface area contributed by atoms with Gasteiger partial charge < -0.3 is 5.32 Å². The van der Waals surface area contributed by atoms with E-state index in [1.165, 1.54) is 30.0 Å². The van der Waals surface area contributed by atoms with E-state index in [9.17, 15) is 22.4 Å². The van der Waals surface area contributed by atoms with Gasteiger partial charge in [-0.2, -0.15) is 0 Å². The van der Waals surface area contributed by atoms with Gasteiger partial charge in [0.15, 0.2) is 0 Å². The number of amides is 2. The van der Waals surface area contributed by atoms with Crippen molar-refractivity contribution in [1.82, 2.24) is 0 Å². The Kier molecular flexibility index (Phi) is 4.88. The number of halogens is 1. The van der Waals surface area contributed by atoms with E-state index in [4.69, 9.17) is 0 Å². The normalized spacial score (nSPS) is 14.9. The first kappa shape index (κ1) is 18.8. The SMILES string of the molecule is CC(C(=O)N1CC(=O)Nc2ccccc21)N(c1cccc(F)c1)S(C)(=O)=O. The Morgan fingerprint density at radius 1 is 1.22 bits per heavy atom. The number of nitrogens with one attached hydrogen (secondary N) is 1. The molecule has 9 heteroatoms. The summed E-state index contributed by atoms with van der Waals surface area (Å²) in [4.78, 5) is 26.3. The molecule has 142 valence electrons. The van der Waals surface area contributed by atoms with Crippen LogP contribution in [-0.2, 0) is 19.6 Å². The number of hydrogen-bond acceptors (Lipinski definition) is 4. The van der Waals surface area contributed by atoms with Crippen LogP contribution in [-0.4, -0.2) is 39.1 Å². The molecule has 0 saturated heterocycles. The molecule has 2 amide bonds. The molecule has 0 radical (unpaired) electrons. The number of hydrogen-bond donors (Lipinski definition) is 1. The van der Waals surface area contributed by atoms with E-state index >= 15 is 0 Å². The van der Waals surface area contributed by atoms with Crippen molar-refractivity contribution in [3.63, 3.8) is 0 Å². The molecular formula is C18H18FN3O4S. The molecule has 0 aromatic heterocycles. The number of para-hydroxylation sites is 2. The molecule has 0 fully saturated rings. The molecule has 2 aromatic carbocycles. The fourth-order valence-corrected chi connectivity index (χ4v) is 4.23. The summed E-state index contributed by atoms with van der Waals surface area (Å²) in [5.74, 6) is -1.60. The van der Waals surface area contributed by atoms with Gasteiger partial charge in [0.1, 0.15) is 18.4 Å². The molecular weight excluding hydrogens is 373 g/mol. The summed E-state index contributed by atoms with van der Waals surface area (Å²) in [5, 5.41) is 2.67. The molecule has 0 spiro atoms. The standard InChI is InChI=1S/C18H18FN3O4S/c1-12(22(27(2,25)26)14-7-5-6-13(19)10-14)18(24)21-11-17(23)20-15-8-3-4-9-16(15)21/h3-10,12H,11H2,1-2H3,(H,20,23). The molecule has 1 aliphatic heterocycles. The van der Waals surface area contributed by atoms with E-state index in [0.717, 1.165) is 16.6 Å². The first-order valence-electron chi connectivity index (χ1n) is 8.13. The van der Waals surface area contributed by atoms with Gasteiger partial charge in [-0.1, -0.05) is 18.2 Å². The summed E-state index contributed by atoms with van der Waals surface area (Å²) >= 11 is 0. The molecule has 1 atom stereocenters. The van der Waals surface area contributed by atoms with E-state index in [2.05, 4.69) is 5.32 Å². The molecule has 7 nitrogen and oxygen atoms in total. The van der Waals surface area contributed by atoms with Crippen LogP contribution in [0.3, 0.4) is 0 Å². The zero-order valence-electron chi connectivity index (χ0n) is 14.7. The Labute approximate surface area is 156 Å². The van der Waals surface area contributed by atoms with Crippen LogP contribution in [0.5, 0.6) is 0 Å². The minimum Gasteiger partial charge on any atom is -0.323 e. The predicted octanol–water partition coefficient (Wildman–Crippen LogP) is 1.97. The molecule has 3 rings (SSSR count). The summed E-state index contributed by atoms with van der Waals surface area (Å²) in [6.07, 6.45) is 0.943. The topological polar surface area (TPSA) is 86.8 Å². The second-order valence-electron chi connectivity index (χ2n) is 6.20. The second-order valence-corrected chi connectivity index (χ2v) is 8.06. The van der Waals surface area contributed by atoms with Crippen LogP contribution in [0.4, 0.5) is 21.5 Å². The number of nitrogens with zero attached hydrogens (tertiary/aromatic N) is 2. The Hall–Kier alpha value is -2.94. The summed E-state index contributed by atoms with van der Waals surface area (Å²) in [5.41, 5.74) is 0.973. The highest BCUT2D eigenvalue weighted by atomic mass is 32.2. The monoisotopic (exact) mass is 391 g/mol.